The third kappa shape index (κ3) is 2.13. The van der Waals surface area contributed by atoms with E-state index in [1.54, 1.807) is 11.6 Å². The van der Waals surface area contributed by atoms with Crippen LogP contribution < -0.4 is 4.72 Å². The van der Waals surface area contributed by atoms with E-state index in [2.05, 4.69) is 23.7 Å². The normalized spacial score (nSPS) is 30.1. The van der Waals surface area contributed by atoms with E-state index in [-0.39, 0.29) is 23.5 Å². The maximum Gasteiger partial charge on any atom is 0.244 e. The van der Waals surface area contributed by atoms with Gasteiger partial charge >= 0.3 is 0 Å². The first-order valence-corrected chi connectivity index (χ1v) is 9.36. The van der Waals surface area contributed by atoms with Gasteiger partial charge in [-0.15, -0.1) is 0 Å². The van der Waals surface area contributed by atoms with Gasteiger partial charge in [-0.05, 0) is 27.2 Å². The second kappa shape index (κ2) is 5.04. The van der Waals surface area contributed by atoms with Gasteiger partial charge in [-0.1, -0.05) is 13.8 Å². The van der Waals surface area contributed by atoms with Crippen LogP contribution in [0.5, 0.6) is 0 Å². The van der Waals surface area contributed by atoms with E-state index >= 15 is 0 Å². The van der Waals surface area contributed by atoms with Crippen molar-refractivity contribution in [3.8, 4) is 0 Å². The average Bonchev–Trinajstić information content (AvgIpc) is 2.99. The first-order chi connectivity index (χ1) is 10.2. The number of ether oxygens (including phenoxy) is 1. The molecule has 1 saturated heterocycles. The third-order valence-electron chi connectivity index (χ3n) is 5.27. The van der Waals surface area contributed by atoms with Crippen LogP contribution in [0.4, 0.5) is 0 Å². The molecule has 2 heterocycles. The zero-order valence-corrected chi connectivity index (χ0v) is 14.7. The van der Waals surface area contributed by atoms with Crippen LogP contribution in [0.25, 0.3) is 0 Å². The lowest BCUT2D eigenvalue weighted by Crippen LogP contribution is -2.66. The minimum absolute atomic E-state index is 0.0752. The van der Waals surface area contributed by atoms with E-state index in [0.717, 1.165) is 13.0 Å². The largest absolute Gasteiger partial charge is 0.377 e. The Hall–Kier alpha value is -0.920. The van der Waals surface area contributed by atoms with E-state index in [1.165, 1.54) is 0 Å². The summed E-state index contributed by atoms with van der Waals surface area (Å²) in [5, 5.41) is 4.32. The van der Waals surface area contributed by atoms with Crippen LogP contribution >= 0.6 is 0 Å². The summed E-state index contributed by atoms with van der Waals surface area (Å²) in [6.07, 6.45) is 1.09. The highest BCUT2D eigenvalue weighted by molar-refractivity contribution is 7.89. The van der Waals surface area contributed by atoms with E-state index in [1.807, 2.05) is 13.8 Å². The number of sulfonamides is 1. The van der Waals surface area contributed by atoms with Crippen molar-refractivity contribution in [3.05, 3.63) is 11.4 Å². The summed E-state index contributed by atoms with van der Waals surface area (Å²) in [5.74, 6) is 0.284. The number of aryl methyl sites for hydroxylation is 2. The highest BCUT2D eigenvalue weighted by atomic mass is 32.2. The molecule has 7 heteroatoms. The van der Waals surface area contributed by atoms with Gasteiger partial charge in [0.05, 0.1) is 17.5 Å². The molecule has 3 rings (SSSR count). The minimum Gasteiger partial charge on any atom is -0.377 e. The number of nitrogens with zero attached hydrogens (tertiary/aromatic N) is 2. The van der Waals surface area contributed by atoms with Crippen LogP contribution in [-0.4, -0.2) is 37.0 Å². The molecule has 2 aliphatic rings. The number of fused-ring (bicyclic) bond motifs is 1. The van der Waals surface area contributed by atoms with Gasteiger partial charge in [0.1, 0.15) is 4.90 Å². The molecule has 0 radical (unpaired) electrons. The molecule has 3 atom stereocenters. The summed E-state index contributed by atoms with van der Waals surface area (Å²) in [7, 11) is -3.57. The van der Waals surface area contributed by atoms with Crippen LogP contribution in [-0.2, 0) is 21.3 Å². The molecule has 0 aromatic carbocycles. The predicted octanol–water partition coefficient (Wildman–Crippen LogP) is 1.61. The van der Waals surface area contributed by atoms with Gasteiger partial charge in [0, 0.05) is 30.5 Å². The Balaban J connectivity index is 1.90. The van der Waals surface area contributed by atoms with Crippen molar-refractivity contribution in [2.75, 3.05) is 6.61 Å². The van der Waals surface area contributed by atoms with E-state index in [0.29, 0.717) is 22.8 Å². The molecule has 124 valence electrons. The summed E-state index contributed by atoms with van der Waals surface area (Å²) >= 11 is 0. The molecule has 0 unspecified atom stereocenters. The summed E-state index contributed by atoms with van der Waals surface area (Å²) in [4.78, 5) is 0.326. The Bertz CT molecular complexity index is 693. The van der Waals surface area contributed by atoms with Crippen molar-refractivity contribution in [2.45, 2.75) is 64.6 Å². The van der Waals surface area contributed by atoms with Gasteiger partial charge in [-0.25, -0.2) is 13.1 Å². The monoisotopic (exact) mass is 327 g/mol. The molecule has 1 N–H and O–H groups in total. The highest BCUT2D eigenvalue weighted by Gasteiger charge is 2.60. The van der Waals surface area contributed by atoms with Crippen molar-refractivity contribution in [3.63, 3.8) is 0 Å². The van der Waals surface area contributed by atoms with Gasteiger partial charge in [0.25, 0.3) is 0 Å². The maximum atomic E-state index is 12.9. The number of hydrogen-bond donors (Lipinski definition) is 1. The molecule has 1 aliphatic heterocycles. The van der Waals surface area contributed by atoms with Crippen LogP contribution in [0.15, 0.2) is 4.90 Å². The number of hydrogen-bond acceptors (Lipinski definition) is 4. The fourth-order valence-corrected chi connectivity index (χ4v) is 6.02. The molecule has 0 bridgehead atoms. The number of nitrogens with one attached hydrogen (secondary N) is 1. The minimum atomic E-state index is -3.57. The van der Waals surface area contributed by atoms with Crippen molar-refractivity contribution in [2.24, 2.45) is 11.3 Å². The fourth-order valence-electron chi connectivity index (χ4n) is 4.17. The lowest BCUT2D eigenvalue weighted by molar-refractivity contribution is -0.105. The van der Waals surface area contributed by atoms with Crippen molar-refractivity contribution < 1.29 is 13.2 Å². The topological polar surface area (TPSA) is 73.2 Å². The van der Waals surface area contributed by atoms with Gasteiger partial charge in [-0.3, -0.25) is 4.68 Å². The van der Waals surface area contributed by atoms with Crippen LogP contribution in [0.2, 0.25) is 0 Å². The molecule has 1 aromatic rings. The standard InChI is InChI=1S/C15H25N3O3S/c1-6-18-10(3)12(9(2)16-18)22(19,20)17-13-11-7-8-21-14(11)15(13,4)5/h11,13-14,17H,6-8H2,1-5H3/t11-,13-,14-/m1/s1. The number of aromatic nitrogens is 2. The Morgan fingerprint density at radius 1 is 1.41 bits per heavy atom. The third-order valence-corrected chi connectivity index (χ3v) is 6.96. The SMILES string of the molecule is CCn1nc(C)c(S(=O)(=O)N[C@@H]2[C@H]3CCO[C@H]3C2(C)C)c1C. The Labute approximate surface area is 132 Å². The first kappa shape index (κ1) is 16.0. The molecular weight excluding hydrogens is 302 g/mol. The lowest BCUT2D eigenvalue weighted by atomic mass is 9.58. The summed E-state index contributed by atoms with van der Waals surface area (Å²) in [6, 6.07) is -0.0752. The molecule has 2 fully saturated rings. The van der Waals surface area contributed by atoms with Crippen LogP contribution in [0, 0.1) is 25.2 Å². The lowest BCUT2D eigenvalue weighted by Gasteiger charge is -2.54. The van der Waals surface area contributed by atoms with Crippen molar-refractivity contribution in [1.29, 1.82) is 0 Å². The Morgan fingerprint density at radius 3 is 2.68 bits per heavy atom. The summed E-state index contributed by atoms with van der Waals surface area (Å²) in [5.41, 5.74) is 1.09. The highest BCUT2D eigenvalue weighted by Crippen LogP contribution is 2.52. The van der Waals surface area contributed by atoms with Gasteiger partial charge in [-0.2, -0.15) is 5.10 Å². The average molecular weight is 327 g/mol. The second-order valence-corrected chi connectivity index (χ2v) is 8.63. The summed E-state index contributed by atoms with van der Waals surface area (Å²) < 4.78 is 36.2. The maximum absolute atomic E-state index is 12.9. The second-order valence-electron chi connectivity index (χ2n) is 6.98. The molecular formula is C15H25N3O3S. The molecule has 0 spiro atoms. The summed E-state index contributed by atoms with van der Waals surface area (Å²) in [6.45, 7) is 11.0. The first-order valence-electron chi connectivity index (χ1n) is 7.88. The Morgan fingerprint density at radius 2 is 2.09 bits per heavy atom. The molecule has 0 amide bonds. The van der Waals surface area contributed by atoms with E-state index in [9.17, 15) is 8.42 Å². The van der Waals surface area contributed by atoms with Gasteiger partial charge < -0.3 is 4.74 Å². The van der Waals surface area contributed by atoms with E-state index < -0.39 is 10.0 Å². The van der Waals surface area contributed by atoms with Gasteiger partial charge in [0.15, 0.2) is 0 Å². The fraction of sp³-hybridized carbons (Fsp3) is 0.800. The quantitative estimate of drug-likeness (QED) is 0.912. The molecule has 6 nitrogen and oxygen atoms in total. The molecule has 1 aliphatic carbocycles. The van der Waals surface area contributed by atoms with Gasteiger partial charge in [0.2, 0.25) is 10.0 Å². The Kier molecular flexibility index (Phi) is 3.66. The molecule has 22 heavy (non-hydrogen) atoms. The van der Waals surface area contributed by atoms with Crippen LogP contribution in [0.1, 0.15) is 38.6 Å². The molecule has 1 aromatic heterocycles. The van der Waals surface area contributed by atoms with Crippen molar-refractivity contribution in [1.82, 2.24) is 14.5 Å². The van der Waals surface area contributed by atoms with Crippen LogP contribution in [0.3, 0.4) is 0 Å². The number of rotatable bonds is 4. The van der Waals surface area contributed by atoms with E-state index in [4.69, 9.17) is 4.74 Å². The zero-order valence-electron chi connectivity index (χ0n) is 13.9. The molecule has 1 saturated carbocycles. The predicted molar refractivity (Wildman–Crippen MR) is 83.1 cm³/mol. The zero-order chi connectivity index (χ0) is 16.3. The smallest absolute Gasteiger partial charge is 0.244 e. The van der Waals surface area contributed by atoms with Crippen molar-refractivity contribution >= 4 is 10.0 Å².